The number of likely N-dealkylation sites (tertiary alicyclic amines) is 1. The fourth-order valence-corrected chi connectivity index (χ4v) is 4.94. The lowest BCUT2D eigenvalue weighted by atomic mass is 9.61. The number of fused-ring (bicyclic) bond motifs is 1. The Hall–Kier alpha value is -2.69. The number of hydrogen-bond acceptors (Lipinski definition) is 3. The number of hydrogen-bond donors (Lipinski definition) is 0. The Morgan fingerprint density at radius 1 is 1.00 bits per heavy atom. The molecule has 1 atom stereocenters. The van der Waals surface area contributed by atoms with Crippen LogP contribution < -0.4 is 0 Å². The van der Waals surface area contributed by atoms with E-state index in [0.29, 0.717) is 11.3 Å². The van der Waals surface area contributed by atoms with Crippen LogP contribution in [-0.4, -0.2) is 31.9 Å². The summed E-state index contributed by atoms with van der Waals surface area (Å²) in [4.78, 5) is 19.6. The number of nitrogens with zero attached hydrogens (tertiary/aromatic N) is 4. The van der Waals surface area contributed by atoms with Crippen molar-refractivity contribution in [1.82, 2.24) is 19.5 Å². The number of benzene rings is 1. The normalized spacial score (nSPS) is 21.7. The lowest BCUT2D eigenvalue weighted by molar-refractivity contribution is -0.0774. The van der Waals surface area contributed by atoms with Crippen molar-refractivity contribution in [2.75, 3.05) is 6.54 Å². The van der Waals surface area contributed by atoms with E-state index in [1.165, 1.54) is 44.0 Å². The molecule has 1 amide bonds. The third kappa shape index (κ3) is 2.26. The first kappa shape index (κ1) is 15.6. The Bertz CT molecular complexity index is 943. The number of rotatable bonds is 2. The minimum atomic E-state index is 0.0474. The van der Waals surface area contributed by atoms with Crippen molar-refractivity contribution in [3.8, 4) is 0 Å². The van der Waals surface area contributed by atoms with Crippen molar-refractivity contribution < 1.29 is 4.79 Å². The Kier molecular flexibility index (Phi) is 3.55. The lowest BCUT2D eigenvalue weighted by Gasteiger charge is -2.59. The molecule has 3 aromatic rings. The van der Waals surface area contributed by atoms with Crippen LogP contribution in [0.3, 0.4) is 0 Å². The largest absolute Gasteiger partial charge is 0.329 e. The summed E-state index contributed by atoms with van der Waals surface area (Å²) in [5, 5.41) is 4.24. The molecule has 1 aliphatic carbocycles. The second-order valence-corrected chi connectivity index (χ2v) is 7.61. The number of carbonyl (C=O) groups is 1. The van der Waals surface area contributed by atoms with Gasteiger partial charge in [-0.15, -0.1) is 0 Å². The Morgan fingerprint density at radius 2 is 1.81 bits per heavy atom. The molecule has 0 N–H and O–H groups in total. The molecule has 132 valence electrons. The quantitative estimate of drug-likeness (QED) is 0.708. The maximum Gasteiger partial charge on any atom is 0.273 e. The number of carbonyl (C=O) groups excluding carboxylic acids is 1. The molecule has 5 nitrogen and oxygen atoms in total. The van der Waals surface area contributed by atoms with Crippen molar-refractivity contribution in [2.45, 2.75) is 38.1 Å². The molecule has 1 aliphatic heterocycles. The van der Waals surface area contributed by atoms with Gasteiger partial charge >= 0.3 is 0 Å². The molecular formula is C21H22N4O. The summed E-state index contributed by atoms with van der Waals surface area (Å²) >= 11 is 0. The molecule has 0 bridgehead atoms. The molecule has 5 heteroatoms. The first-order chi connectivity index (χ1) is 12.8. The number of aromatic nitrogens is 3. The Labute approximate surface area is 152 Å². The summed E-state index contributed by atoms with van der Waals surface area (Å²) in [5.74, 6) is 0.0474. The molecule has 1 saturated carbocycles. The van der Waals surface area contributed by atoms with E-state index < -0.39 is 0 Å². The summed E-state index contributed by atoms with van der Waals surface area (Å²) in [5.41, 5.74) is 2.79. The van der Waals surface area contributed by atoms with Gasteiger partial charge in [-0.25, -0.2) is 9.50 Å². The zero-order valence-electron chi connectivity index (χ0n) is 14.7. The van der Waals surface area contributed by atoms with Gasteiger partial charge in [-0.1, -0.05) is 55.7 Å². The van der Waals surface area contributed by atoms with Gasteiger partial charge in [0.2, 0.25) is 0 Å². The Balaban J connectivity index is 1.54. The van der Waals surface area contributed by atoms with E-state index in [-0.39, 0.29) is 17.4 Å². The smallest absolute Gasteiger partial charge is 0.273 e. The highest BCUT2D eigenvalue weighted by Crippen LogP contribution is 2.57. The van der Waals surface area contributed by atoms with Crippen LogP contribution in [-0.2, 0) is 0 Å². The van der Waals surface area contributed by atoms with Crippen LogP contribution in [0, 0.1) is 5.41 Å². The molecule has 0 radical (unpaired) electrons. The molecule has 1 spiro atoms. The predicted molar refractivity (Wildman–Crippen MR) is 98.7 cm³/mol. The fourth-order valence-electron chi connectivity index (χ4n) is 4.94. The highest BCUT2D eigenvalue weighted by atomic mass is 16.2. The highest BCUT2D eigenvalue weighted by Gasteiger charge is 2.55. The van der Waals surface area contributed by atoms with Gasteiger partial charge in [0, 0.05) is 12.0 Å². The second-order valence-electron chi connectivity index (χ2n) is 7.61. The second kappa shape index (κ2) is 5.94. The monoisotopic (exact) mass is 346 g/mol. The molecule has 3 heterocycles. The molecule has 2 aliphatic rings. The molecule has 2 fully saturated rings. The summed E-state index contributed by atoms with van der Waals surface area (Å²) < 4.78 is 1.65. The van der Waals surface area contributed by atoms with Gasteiger partial charge in [-0.3, -0.25) is 4.79 Å². The molecule has 1 saturated heterocycles. The summed E-state index contributed by atoms with van der Waals surface area (Å²) in [7, 11) is 0. The zero-order valence-corrected chi connectivity index (χ0v) is 14.7. The van der Waals surface area contributed by atoms with Gasteiger partial charge in [-0.05, 0) is 30.5 Å². The minimum absolute atomic E-state index is 0.0474. The average molecular weight is 346 g/mol. The molecule has 1 unspecified atom stereocenters. The summed E-state index contributed by atoms with van der Waals surface area (Å²) in [6, 6.07) is 16.3. The third-order valence-electron chi connectivity index (χ3n) is 6.12. The van der Waals surface area contributed by atoms with Crippen LogP contribution in [0.2, 0.25) is 0 Å². The van der Waals surface area contributed by atoms with Crippen LogP contribution in [0.5, 0.6) is 0 Å². The van der Waals surface area contributed by atoms with E-state index in [1.807, 2.05) is 29.2 Å². The van der Waals surface area contributed by atoms with Crippen molar-refractivity contribution in [3.05, 3.63) is 66.1 Å². The maximum atomic E-state index is 13.4. The standard InChI is InChI=1S/C21H22N4O/c26-20(17-10-7-11-18-22-15-23-25(17)18)24-14-21(12-5-2-6-13-21)19(24)16-8-3-1-4-9-16/h1,3-4,7-11,15,19H,2,5-6,12-14H2. The first-order valence-electron chi connectivity index (χ1n) is 9.43. The van der Waals surface area contributed by atoms with Gasteiger partial charge in [0.05, 0.1) is 6.04 Å². The van der Waals surface area contributed by atoms with E-state index in [0.717, 1.165) is 6.54 Å². The van der Waals surface area contributed by atoms with Gasteiger partial charge in [-0.2, -0.15) is 5.10 Å². The van der Waals surface area contributed by atoms with E-state index in [4.69, 9.17) is 0 Å². The first-order valence-corrected chi connectivity index (χ1v) is 9.43. The molecule has 2 aromatic heterocycles. The van der Waals surface area contributed by atoms with E-state index >= 15 is 0 Å². The zero-order chi connectivity index (χ0) is 17.6. The predicted octanol–water partition coefficient (Wildman–Crippen LogP) is 3.88. The topological polar surface area (TPSA) is 50.5 Å². The van der Waals surface area contributed by atoms with Crippen molar-refractivity contribution in [2.24, 2.45) is 5.41 Å². The minimum Gasteiger partial charge on any atom is -0.329 e. The summed E-state index contributed by atoms with van der Waals surface area (Å²) in [6.45, 7) is 0.844. The van der Waals surface area contributed by atoms with Crippen molar-refractivity contribution >= 4 is 11.6 Å². The van der Waals surface area contributed by atoms with Gasteiger partial charge in [0.25, 0.3) is 5.91 Å². The maximum absolute atomic E-state index is 13.4. The van der Waals surface area contributed by atoms with Crippen LogP contribution in [0.25, 0.3) is 5.65 Å². The summed E-state index contributed by atoms with van der Waals surface area (Å²) in [6.07, 6.45) is 7.77. The number of amides is 1. The van der Waals surface area contributed by atoms with Crippen LogP contribution in [0.4, 0.5) is 0 Å². The van der Waals surface area contributed by atoms with Gasteiger partial charge < -0.3 is 4.90 Å². The van der Waals surface area contributed by atoms with E-state index in [1.54, 1.807) is 4.52 Å². The van der Waals surface area contributed by atoms with Crippen LogP contribution in [0.1, 0.15) is 54.2 Å². The SMILES string of the molecule is O=C(c1cccc2ncnn12)N1CC2(CCCCC2)C1c1ccccc1. The third-order valence-corrected chi connectivity index (χ3v) is 6.12. The molecule has 26 heavy (non-hydrogen) atoms. The molecule has 1 aromatic carbocycles. The molecule has 5 rings (SSSR count). The molecular weight excluding hydrogens is 324 g/mol. The van der Waals surface area contributed by atoms with Gasteiger partial charge in [0.1, 0.15) is 12.0 Å². The lowest BCUT2D eigenvalue weighted by Crippen LogP contribution is -2.61. The van der Waals surface area contributed by atoms with Crippen molar-refractivity contribution in [1.29, 1.82) is 0 Å². The van der Waals surface area contributed by atoms with Gasteiger partial charge in [0.15, 0.2) is 5.65 Å². The van der Waals surface area contributed by atoms with Crippen LogP contribution in [0.15, 0.2) is 54.9 Å². The van der Waals surface area contributed by atoms with E-state index in [2.05, 4.69) is 34.3 Å². The Morgan fingerprint density at radius 3 is 2.62 bits per heavy atom. The average Bonchev–Trinajstić information content (AvgIpc) is 3.16. The van der Waals surface area contributed by atoms with Crippen molar-refractivity contribution in [3.63, 3.8) is 0 Å². The van der Waals surface area contributed by atoms with E-state index in [9.17, 15) is 4.79 Å². The van der Waals surface area contributed by atoms with Crippen LogP contribution >= 0.6 is 0 Å². The highest BCUT2D eigenvalue weighted by molar-refractivity contribution is 5.94. The number of pyridine rings is 1. The fraction of sp³-hybridized carbons (Fsp3) is 0.381.